The zero-order chi connectivity index (χ0) is 40.0. The molecule has 4 rings (SSSR count). The van der Waals surface area contributed by atoms with Crippen molar-refractivity contribution in [1.29, 1.82) is 5.26 Å². The van der Waals surface area contributed by atoms with Crippen molar-refractivity contribution in [1.82, 2.24) is 15.6 Å². The van der Waals surface area contributed by atoms with E-state index in [-0.39, 0.29) is 5.78 Å². The van der Waals surface area contributed by atoms with Crippen LogP contribution >= 0.6 is 11.6 Å². The van der Waals surface area contributed by atoms with E-state index < -0.39 is 0 Å². The first-order chi connectivity index (χ1) is 26.7. The fourth-order valence-electron chi connectivity index (χ4n) is 6.20. The van der Waals surface area contributed by atoms with Crippen molar-refractivity contribution in [3.63, 3.8) is 0 Å². The first-order valence-electron chi connectivity index (χ1n) is 19.1. The molecule has 0 bridgehead atoms. The number of hydrogen-bond acceptors (Lipinski definition) is 6. The highest BCUT2D eigenvalue weighted by molar-refractivity contribution is 6.31. The summed E-state index contributed by atoms with van der Waals surface area (Å²) in [5.41, 5.74) is 12.3. The van der Waals surface area contributed by atoms with Gasteiger partial charge in [-0.25, -0.2) is 0 Å². The molecule has 55 heavy (non-hydrogen) atoms. The molecule has 4 aromatic rings. The molecule has 6 nitrogen and oxygen atoms in total. The molecule has 1 heterocycles. The van der Waals surface area contributed by atoms with Crippen LogP contribution in [0.25, 0.3) is 16.7 Å². The van der Waals surface area contributed by atoms with Crippen LogP contribution in [0.3, 0.4) is 0 Å². The average Bonchev–Trinajstić information content (AvgIpc) is 3.20. The number of nitriles is 1. The Morgan fingerprint density at radius 1 is 0.964 bits per heavy atom. The molecule has 0 fully saturated rings. The topological polar surface area (TPSA) is 90.2 Å². The van der Waals surface area contributed by atoms with E-state index in [9.17, 15) is 10.1 Å². The molecule has 0 aliphatic heterocycles. The quantitative estimate of drug-likeness (QED) is 0.0327. The van der Waals surface area contributed by atoms with Gasteiger partial charge in [0.05, 0.1) is 5.56 Å². The lowest BCUT2D eigenvalue weighted by Gasteiger charge is -2.16. The van der Waals surface area contributed by atoms with Gasteiger partial charge in [0.1, 0.15) is 6.07 Å². The van der Waals surface area contributed by atoms with Crippen molar-refractivity contribution in [2.45, 2.75) is 72.6 Å². The number of nitrogens with zero attached hydrogens (tertiary/aromatic N) is 3. The zero-order valence-electron chi connectivity index (χ0n) is 33.2. The van der Waals surface area contributed by atoms with Crippen molar-refractivity contribution in [3.05, 3.63) is 165 Å². The van der Waals surface area contributed by atoms with Crippen LogP contribution in [0.15, 0.2) is 121 Å². The second kappa shape index (κ2) is 24.1. The van der Waals surface area contributed by atoms with Crippen molar-refractivity contribution in [3.8, 4) is 17.2 Å². The summed E-state index contributed by atoms with van der Waals surface area (Å²) in [7, 11) is 1.83. The summed E-state index contributed by atoms with van der Waals surface area (Å²) in [5.74, 6) is -0.128. The number of hydrogen-bond donors (Lipinski definition) is 2. The van der Waals surface area contributed by atoms with Gasteiger partial charge in [0, 0.05) is 42.8 Å². The minimum atomic E-state index is -0.128. The van der Waals surface area contributed by atoms with Crippen LogP contribution in [0.5, 0.6) is 0 Å². The monoisotopic (exact) mass is 753 g/mol. The van der Waals surface area contributed by atoms with Crippen molar-refractivity contribution in [2.24, 2.45) is 4.99 Å². The number of aryl methyl sites for hydroxylation is 5. The molecule has 1 aromatic heterocycles. The number of halogens is 1. The van der Waals surface area contributed by atoms with Gasteiger partial charge in [-0.3, -0.25) is 14.8 Å². The second-order valence-electron chi connectivity index (χ2n) is 13.3. The van der Waals surface area contributed by atoms with Crippen molar-refractivity contribution < 1.29 is 4.79 Å². The third-order valence-corrected chi connectivity index (χ3v) is 9.45. The van der Waals surface area contributed by atoms with Gasteiger partial charge in [0.15, 0.2) is 5.78 Å². The summed E-state index contributed by atoms with van der Waals surface area (Å²) in [6.45, 7) is 17.0. The molecular weight excluding hydrogens is 698 g/mol. The van der Waals surface area contributed by atoms with E-state index in [1.165, 1.54) is 34.9 Å². The van der Waals surface area contributed by atoms with Gasteiger partial charge in [-0.05, 0) is 151 Å². The van der Waals surface area contributed by atoms with Crippen molar-refractivity contribution >= 4 is 29.7 Å². The summed E-state index contributed by atoms with van der Waals surface area (Å²) in [6.07, 6.45) is 18.5. The van der Waals surface area contributed by atoms with Crippen LogP contribution in [0, 0.1) is 18.3 Å². The Morgan fingerprint density at radius 2 is 1.71 bits per heavy atom. The number of allylic oxidation sites excluding steroid dienone is 3. The first kappa shape index (κ1) is 44.0. The summed E-state index contributed by atoms with van der Waals surface area (Å²) in [6, 6.07) is 23.2. The van der Waals surface area contributed by atoms with Gasteiger partial charge in [0.2, 0.25) is 0 Å². The lowest BCUT2D eigenvalue weighted by atomic mass is 9.90. The summed E-state index contributed by atoms with van der Waals surface area (Å²) in [5, 5.41) is 16.4. The van der Waals surface area contributed by atoms with Gasteiger partial charge >= 0.3 is 0 Å². The number of aliphatic imine (C=N–C) groups is 1. The Hall–Kier alpha value is -5.35. The molecule has 0 amide bonds. The predicted octanol–water partition coefficient (Wildman–Crippen LogP) is 10.6. The molecule has 7 heteroatoms. The Bertz CT molecular complexity index is 2030. The summed E-state index contributed by atoms with van der Waals surface area (Å²) < 4.78 is 0. The lowest BCUT2D eigenvalue weighted by Crippen LogP contribution is -2.21. The zero-order valence-corrected chi connectivity index (χ0v) is 34.0. The SMILES string of the molecule is C=CCCNC/C(=C/N=C)C(=O)/C=C(\C=C/NC)c1cccc(-c2cccc(CCc3cc(CCc4cncc(C#N)c4)c(CC)cc3Cl)c2C)c1.CCC. The number of ketones is 1. The number of carbonyl (C=O) groups excluding carboxylic acids is 1. The molecule has 0 atom stereocenters. The highest BCUT2D eigenvalue weighted by atomic mass is 35.5. The molecule has 0 aliphatic rings. The van der Waals surface area contributed by atoms with E-state index in [0.29, 0.717) is 17.7 Å². The molecule has 286 valence electrons. The minimum Gasteiger partial charge on any atom is -0.394 e. The van der Waals surface area contributed by atoms with Gasteiger partial charge in [-0.15, -0.1) is 6.58 Å². The van der Waals surface area contributed by atoms with Crippen LogP contribution in [0.4, 0.5) is 0 Å². The average molecular weight is 754 g/mol. The maximum Gasteiger partial charge on any atom is 0.185 e. The number of nitrogens with one attached hydrogen (secondary N) is 2. The van der Waals surface area contributed by atoms with E-state index in [2.05, 4.69) is 110 Å². The first-order valence-corrected chi connectivity index (χ1v) is 19.5. The number of benzene rings is 3. The number of aromatic nitrogens is 1. The number of carbonyl (C=O) groups is 1. The fourth-order valence-corrected chi connectivity index (χ4v) is 6.48. The highest BCUT2D eigenvalue weighted by Crippen LogP contribution is 2.31. The molecule has 0 saturated carbocycles. The molecule has 0 radical (unpaired) electrons. The van der Waals surface area contributed by atoms with E-state index in [0.717, 1.165) is 83.5 Å². The molecule has 2 N–H and O–H groups in total. The van der Waals surface area contributed by atoms with Crippen molar-refractivity contribution in [2.75, 3.05) is 20.1 Å². The van der Waals surface area contributed by atoms with E-state index in [1.54, 1.807) is 12.3 Å². The number of pyridine rings is 1. The Morgan fingerprint density at radius 3 is 2.42 bits per heavy atom. The molecule has 0 aliphatic carbocycles. The largest absolute Gasteiger partial charge is 0.394 e. The molecule has 0 saturated heterocycles. The Kier molecular flexibility index (Phi) is 19.3. The third-order valence-electron chi connectivity index (χ3n) is 9.09. The van der Waals surface area contributed by atoms with Crippen LogP contribution in [-0.2, 0) is 36.9 Å². The fraction of sp³-hybridized carbons (Fsp3) is 0.292. The molecule has 0 unspecified atom stereocenters. The van der Waals surface area contributed by atoms with E-state index in [1.807, 2.05) is 49.8 Å². The highest BCUT2D eigenvalue weighted by Gasteiger charge is 2.14. The maximum atomic E-state index is 13.4. The summed E-state index contributed by atoms with van der Waals surface area (Å²) in [4.78, 5) is 21.5. The standard InChI is InChI=1S/C45H48ClN5O.C3H8/c1-6-8-20-50-31-42(30-49-5)45(52)26-39(19-21-48-4)37-12-9-13-40(23-37)43-14-10-11-36(32(43)3)17-18-41-24-38(35(7-2)25-44(41)46)16-15-33-22-34(27-47)29-51-28-33;1-3-2/h6,9-14,19,21-26,28-30,48,50H,1,5,7-8,15-18,20,31H2,2-4H3;3H2,1-2H3/b21-19-,39-26+,42-30-;. The predicted molar refractivity (Wildman–Crippen MR) is 234 cm³/mol. The van der Waals surface area contributed by atoms with Crippen LogP contribution in [0.2, 0.25) is 5.02 Å². The van der Waals surface area contributed by atoms with E-state index in [4.69, 9.17) is 11.6 Å². The molecule has 3 aromatic carbocycles. The van der Waals surface area contributed by atoms with Gasteiger partial charge in [-0.2, -0.15) is 5.26 Å². The maximum absolute atomic E-state index is 13.4. The van der Waals surface area contributed by atoms with Crippen LogP contribution < -0.4 is 10.6 Å². The molecule has 0 spiro atoms. The Labute approximate surface area is 334 Å². The van der Waals surface area contributed by atoms with Gasteiger partial charge < -0.3 is 10.6 Å². The number of rotatable bonds is 19. The summed E-state index contributed by atoms with van der Waals surface area (Å²) >= 11 is 6.86. The Balaban J connectivity index is 0.00000262. The minimum absolute atomic E-state index is 0.128. The smallest absolute Gasteiger partial charge is 0.185 e. The lowest BCUT2D eigenvalue weighted by molar-refractivity contribution is -0.111. The van der Waals surface area contributed by atoms with Crippen LogP contribution in [-0.4, -0.2) is 37.6 Å². The third kappa shape index (κ3) is 13.8. The molecular formula is C48H56ClN5O. The normalized spacial score (nSPS) is 11.4. The van der Waals surface area contributed by atoms with Gasteiger partial charge in [-0.1, -0.05) is 87.3 Å². The van der Waals surface area contributed by atoms with Gasteiger partial charge in [0.25, 0.3) is 0 Å². The van der Waals surface area contributed by atoms with E-state index >= 15 is 0 Å². The van der Waals surface area contributed by atoms with Crippen LogP contribution in [0.1, 0.15) is 78.1 Å². The second-order valence-corrected chi connectivity index (χ2v) is 13.7.